The van der Waals surface area contributed by atoms with Crippen LogP contribution < -0.4 is 0 Å². The van der Waals surface area contributed by atoms with Gasteiger partial charge in [0, 0.05) is 25.6 Å². The Bertz CT molecular complexity index is 1290. The van der Waals surface area contributed by atoms with Crippen LogP contribution in [0.3, 0.4) is 0 Å². The minimum atomic E-state index is -4.67. The smallest absolute Gasteiger partial charge is 0.385 e. The highest BCUT2D eigenvalue weighted by Gasteiger charge is 2.41. The van der Waals surface area contributed by atoms with E-state index in [0.717, 1.165) is 18.4 Å². The fourth-order valence-corrected chi connectivity index (χ4v) is 8.85. The fraction of sp³-hybridized carbons (Fsp3) is 0.385. The van der Waals surface area contributed by atoms with Crippen LogP contribution in [-0.2, 0) is 21.4 Å². The lowest BCUT2D eigenvalue weighted by atomic mass is 9.75. The Kier molecular flexibility index (Phi) is 9.73. The van der Waals surface area contributed by atoms with E-state index in [1.54, 1.807) is 33.8 Å². The topological polar surface area (TPSA) is 94.8 Å². The minimum Gasteiger partial charge on any atom is -0.385 e. The van der Waals surface area contributed by atoms with Gasteiger partial charge >= 0.3 is 10.4 Å². The molecule has 0 unspecified atom stereocenters. The fourth-order valence-electron chi connectivity index (χ4n) is 4.79. The van der Waals surface area contributed by atoms with Crippen molar-refractivity contribution in [1.82, 2.24) is 0 Å². The highest BCUT2D eigenvalue weighted by atomic mass is 32.3. The van der Waals surface area contributed by atoms with Crippen LogP contribution in [-0.4, -0.2) is 22.6 Å². The average molecular weight is 585 g/mol. The molecule has 196 valence electrons. The molecule has 4 aromatic rings. The standard InChI is InChI=1S/C13H16OS2.C13H14S2.H2O4S/c1-3-13(14,4-2)10-7-9-16-12(10)11-6-5-8-15-11;1-3-13(4-2)9-5-7-14-11(9)12-10(13)6-8-15-12;1-5(2,3)4/h5-9,14H,3-4H2,1-2H3;5-8H,3-4H2,1-2H3;(H2,1,2,3,4). The van der Waals surface area contributed by atoms with Gasteiger partial charge in [0.2, 0.25) is 0 Å². The van der Waals surface area contributed by atoms with Gasteiger partial charge in [-0.05, 0) is 82.6 Å². The van der Waals surface area contributed by atoms with Crippen molar-refractivity contribution in [3.05, 3.63) is 68.5 Å². The molecule has 0 atom stereocenters. The number of hydrogen-bond acceptors (Lipinski definition) is 7. The summed E-state index contributed by atoms with van der Waals surface area (Å²) in [6.45, 7) is 8.72. The maximum Gasteiger partial charge on any atom is 0.394 e. The van der Waals surface area contributed by atoms with Gasteiger partial charge in [-0.25, -0.2) is 0 Å². The lowest BCUT2D eigenvalue weighted by Crippen LogP contribution is -2.23. The number of thiophene rings is 4. The summed E-state index contributed by atoms with van der Waals surface area (Å²) in [6.07, 6.45) is 3.96. The van der Waals surface area contributed by atoms with Crippen LogP contribution in [0.25, 0.3) is 19.5 Å². The predicted octanol–water partition coefficient (Wildman–Crippen LogP) is 8.73. The summed E-state index contributed by atoms with van der Waals surface area (Å²) >= 11 is 7.25. The van der Waals surface area contributed by atoms with E-state index in [4.69, 9.17) is 17.5 Å². The third-order valence-corrected chi connectivity index (χ3v) is 10.8. The number of fused-ring (bicyclic) bond motifs is 3. The third kappa shape index (κ3) is 6.02. The van der Waals surface area contributed by atoms with Crippen LogP contribution in [0.5, 0.6) is 0 Å². The van der Waals surface area contributed by atoms with Crippen molar-refractivity contribution >= 4 is 55.7 Å². The highest BCUT2D eigenvalue weighted by molar-refractivity contribution is 7.79. The lowest BCUT2D eigenvalue weighted by molar-refractivity contribution is 0.0293. The molecule has 5 nitrogen and oxygen atoms in total. The number of hydrogen-bond donors (Lipinski definition) is 3. The molecule has 0 fully saturated rings. The molecule has 4 aromatic heterocycles. The summed E-state index contributed by atoms with van der Waals surface area (Å²) in [5.74, 6) is 0. The number of aliphatic hydroxyl groups is 1. The van der Waals surface area contributed by atoms with Gasteiger partial charge < -0.3 is 5.11 Å². The Balaban J connectivity index is 0.000000170. The second kappa shape index (κ2) is 12.0. The molecule has 0 aliphatic heterocycles. The van der Waals surface area contributed by atoms with Crippen molar-refractivity contribution in [3.63, 3.8) is 0 Å². The molecule has 0 bridgehead atoms. The molecule has 0 aromatic carbocycles. The number of rotatable bonds is 6. The van der Waals surface area contributed by atoms with Gasteiger partial charge in [-0.15, -0.1) is 45.3 Å². The Morgan fingerprint density at radius 1 is 0.750 bits per heavy atom. The van der Waals surface area contributed by atoms with Crippen LogP contribution in [0.4, 0.5) is 0 Å². The zero-order valence-corrected chi connectivity index (χ0v) is 24.8. The van der Waals surface area contributed by atoms with E-state index in [1.807, 2.05) is 36.5 Å². The minimum absolute atomic E-state index is 0.324. The molecule has 1 aliphatic rings. The summed E-state index contributed by atoms with van der Waals surface area (Å²) in [6, 6.07) is 10.9. The summed E-state index contributed by atoms with van der Waals surface area (Å²) in [4.78, 5) is 5.54. The predicted molar refractivity (Wildman–Crippen MR) is 155 cm³/mol. The van der Waals surface area contributed by atoms with Crippen molar-refractivity contribution in [2.24, 2.45) is 0 Å². The van der Waals surface area contributed by atoms with Crippen LogP contribution in [0, 0.1) is 0 Å². The summed E-state index contributed by atoms with van der Waals surface area (Å²) in [5.41, 5.74) is 3.91. The molecule has 0 saturated carbocycles. The van der Waals surface area contributed by atoms with Gasteiger partial charge in [0.15, 0.2) is 0 Å². The third-order valence-electron chi connectivity index (χ3n) is 6.86. The van der Waals surface area contributed by atoms with Gasteiger partial charge in [-0.1, -0.05) is 33.8 Å². The van der Waals surface area contributed by atoms with E-state index in [9.17, 15) is 5.11 Å². The molecule has 36 heavy (non-hydrogen) atoms. The SMILES string of the molecule is CCC(O)(CC)c1ccsc1-c1cccs1.CCC1(CC)c2ccsc2-c2sccc21.O=S(=O)(O)O. The van der Waals surface area contributed by atoms with Crippen LogP contribution in [0.15, 0.2) is 51.9 Å². The molecule has 0 amide bonds. The zero-order valence-electron chi connectivity index (χ0n) is 20.7. The van der Waals surface area contributed by atoms with Gasteiger partial charge in [-0.3, -0.25) is 9.11 Å². The first-order valence-corrected chi connectivity index (χ1v) is 16.7. The summed E-state index contributed by atoms with van der Waals surface area (Å²) in [5, 5.41) is 19.2. The first-order chi connectivity index (χ1) is 17.0. The molecule has 0 saturated heterocycles. The lowest BCUT2D eigenvalue weighted by Gasteiger charge is -2.27. The van der Waals surface area contributed by atoms with Crippen molar-refractivity contribution in [3.8, 4) is 19.5 Å². The van der Waals surface area contributed by atoms with E-state index in [0.29, 0.717) is 5.41 Å². The van der Waals surface area contributed by atoms with Gasteiger partial charge in [0.05, 0.1) is 10.5 Å². The van der Waals surface area contributed by atoms with E-state index in [-0.39, 0.29) is 0 Å². The van der Waals surface area contributed by atoms with Crippen LogP contribution in [0.1, 0.15) is 70.1 Å². The molecule has 4 heterocycles. The summed E-state index contributed by atoms with van der Waals surface area (Å²) < 4.78 is 31.6. The normalized spacial score (nSPS) is 13.8. The van der Waals surface area contributed by atoms with Crippen molar-refractivity contribution < 1.29 is 22.6 Å². The van der Waals surface area contributed by atoms with Gasteiger partial charge in [-0.2, -0.15) is 8.42 Å². The quantitative estimate of drug-likeness (QED) is 0.197. The molecule has 10 heteroatoms. The largest absolute Gasteiger partial charge is 0.394 e. The molecular formula is C26H32O5S5. The Morgan fingerprint density at radius 3 is 1.64 bits per heavy atom. The first kappa shape index (κ1) is 29.2. The monoisotopic (exact) mass is 584 g/mol. The van der Waals surface area contributed by atoms with Crippen LogP contribution >= 0.6 is 45.3 Å². The van der Waals surface area contributed by atoms with E-state index in [1.165, 1.54) is 32.4 Å². The molecule has 1 aliphatic carbocycles. The average Bonchev–Trinajstić information content (AvgIpc) is 3.65. The Morgan fingerprint density at radius 2 is 1.22 bits per heavy atom. The maximum absolute atomic E-state index is 10.6. The van der Waals surface area contributed by atoms with E-state index in [2.05, 4.69) is 65.7 Å². The summed E-state index contributed by atoms with van der Waals surface area (Å²) in [7, 11) is -4.67. The van der Waals surface area contributed by atoms with Crippen molar-refractivity contribution in [2.45, 2.75) is 64.4 Å². The van der Waals surface area contributed by atoms with Crippen molar-refractivity contribution in [1.29, 1.82) is 0 Å². The van der Waals surface area contributed by atoms with Gasteiger partial charge in [0.25, 0.3) is 0 Å². The highest BCUT2D eigenvalue weighted by Crippen LogP contribution is 2.56. The first-order valence-electron chi connectivity index (χ1n) is 11.7. The molecule has 5 rings (SSSR count). The molecule has 3 N–H and O–H groups in total. The van der Waals surface area contributed by atoms with E-state index >= 15 is 0 Å². The molecule has 0 spiro atoms. The Hall–Kier alpha value is -1.37. The Labute approximate surface area is 229 Å². The molecular weight excluding hydrogens is 553 g/mol. The van der Waals surface area contributed by atoms with Crippen molar-refractivity contribution in [2.75, 3.05) is 0 Å². The van der Waals surface area contributed by atoms with Gasteiger partial charge in [0.1, 0.15) is 0 Å². The second-order valence-electron chi connectivity index (χ2n) is 8.44. The van der Waals surface area contributed by atoms with E-state index < -0.39 is 16.0 Å². The second-order valence-corrected chi connectivity index (χ2v) is 13.0. The zero-order chi connectivity index (χ0) is 26.6. The molecule has 0 radical (unpaired) electrons. The van der Waals surface area contributed by atoms with Crippen LogP contribution in [0.2, 0.25) is 0 Å². The maximum atomic E-state index is 10.6.